The summed E-state index contributed by atoms with van der Waals surface area (Å²) in [6.07, 6.45) is 1.46. The molecule has 0 saturated carbocycles. The Kier molecular flexibility index (Phi) is 6.84. The molecule has 29 heavy (non-hydrogen) atoms. The SMILES string of the molecule is COc1c(Br)cc(Br)cc1C=NNC(=O)C(O)(c1ccccc1)c1ccccc1. The van der Waals surface area contributed by atoms with E-state index in [1.807, 2.05) is 18.2 Å². The van der Waals surface area contributed by atoms with Gasteiger partial charge >= 0.3 is 0 Å². The summed E-state index contributed by atoms with van der Waals surface area (Å²) in [4.78, 5) is 13.0. The van der Waals surface area contributed by atoms with Gasteiger partial charge in [-0.05, 0) is 39.2 Å². The molecule has 0 aliphatic heterocycles. The van der Waals surface area contributed by atoms with E-state index in [4.69, 9.17) is 4.74 Å². The summed E-state index contributed by atoms with van der Waals surface area (Å²) in [5.41, 5.74) is 2.11. The quantitative estimate of drug-likeness (QED) is 0.370. The molecular formula is C22H18Br2N2O3. The topological polar surface area (TPSA) is 70.9 Å². The second kappa shape index (κ2) is 9.35. The molecule has 1 amide bonds. The number of benzene rings is 3. The average Bonchev–Trinajstić information content (AvgIpc) is 2.74. The number of halogens is 2. The van der Waals surface area contributed by atoms with Gasteiger partial charge in [0.25, 0.3) is 5.91 Å². The van der Waals surface area contributed by atoms with Gasteiger partial charge < -0.3 is 9.84 Å². The van der Waals surface area contributed by atoms with Crippen molar-refractivity contribution >= 4 is 44.0 Å². The lowest BCUT2D eigenvalue weighted by Crippen LogP contribution is -2.43. The molecule has 7 heteroatoms. The van der Waals surface area contributed by atoms with Crippen LogP contribution in [0.3, 0.4) is 0 Å². The smallest absolute Gasteiger partial charge is 0.281 e. The molecule has 0 aromatic heterocycles. The molecule has 0 aliphatic carbocycles. The number of hydrogen-bond donors (Lipinski definition) is 2. The number of aliphatic hydroxyl groups is 1. The molecule has 0 fully saturated rings. The molecule has 0 heterocycles. The molecule has 5 nitrogen and oxygen atoms in total. The van der Waals surface area contributed by atoms with Crippen molar-refractivity contribution in [1.29, 1.82) is 0 Å². The number of methoxy groups -OCH3 is 1. The summed E-state index contributed by atoms with van der Waals surface area (Å²) < 4.78 is 6.94. The lowest BCUT2D eigenvalue weighted by molar-refractivity contribution is -0.136. The number of nitrogens with zero attached hydrogens (tertiary/aromatic N) is 1. The van der Waals surface area contributed by atoms with Gasteiger partial charge in [0.2, 0.25) is 0 Å². The summed E-state index contributed by atoms with van der Waals surface area (Å²) >= 11 is 6.84. The third kappa shape index (κ3) is 4.58. The van der Waals surface area contributed by atoms with Gasteiger partial charge in [-0.2, -0.15) is 5.10 Å². The Hall–Kier alpha value is -2.48. The molecule has 2 N–H and O–H groups in total. The lowest BCUT2D eigenvalue weighted by atomic mass is 9.85. The Bertz CT molecular complexity index is 985. The molecule has 0 unspecified atom stereocenters. The van der Waals surface area contributed by atoms with E-state index >= 15 is 0 Å². The van der Waals surface area contributed by atoms with Crippen molar-refractivity contribution in [3.05, 3.63) is 98.4 Å². The predicted octanol–water partition coefficient (Wildman–Crippen LogP) is 4.61. The van der Waals surface area contributed by atoms with Gasteiger partial charge in [-0.15, -0.1) is 0 Å². The average molecular weight is 518 g/mol. The summed E-state index contributed by atoms with van der Waals surface area (Å²) in [6.45, 7) is 0. The van der Waals surface area contributed by atoms with Crippen molar-refractivity contribution in [2.24, 2.45) is 5.10 Å². The summed E-state index contributed by atoms with van der Waals surface area (Å²) in [7, 11) is 1.55. The first-order valence-electron chi connectivity index (χ1n) is 8.66. The maximum absolute atomic E-state index is 13.0. The molecule has 0 aliphatic rings. The third-order valence-electron chi connectivity index (χ3n) is 4.32. The zero-order chi connectivity index (χ0) is 20.9. The van der Waals surface area contributed by atoms with Crippen LogP contribution in [0.25, 0.3) is 0 Å². The number of carbonyl (C=O) groups is 1. The lowest BCUT2D eigenvalue weighted by Gasteiger charge is -2.27. The molecule has 0 radical (unpaired) electrons. The largest absolute Gasteiger partial charge is 0.495 e. The summed E-state index contributed by atoms with van der Waals surface area (Å²) in [5.74, 6) is -0.0910. The van der Waals surface area contributed by atoms with Crippen LogP contribution in [0.5, 0.6) is 5.75 Å². The van der Waals surface area contributed by atoms with Gasteiger partial charge in [-0.3, -0.25) is 4.79 Å². The standard InChI is InChI=1S/C22H18Br2N2O3/c1-29-20-15(12-18(23)13-19(20)24)14-25-26-21(27)22(28,16-8-4-2-5-9-16)17-10-6-3-7-11-17/h2-14,28H,1H3,(H,26,27). The van der Waals surface area contributed by atoms with E-state index in [-0.39, 0.29) is 0 Å². The van der Waals surface area contributed by atoms with Gasteiger partial charge in [0, 0.05) is 10.0 Å². The maximum atomic E-state index is 13.0. The highest BCUT2D eigenvalue weighted by Gasteiger charge is 2.39. The Morgan fingerprint density at radius 2 is 1.59 bits per heavy atom. The van der Waals surface area contributed by atoms with Crippen molar-refractivity contribution in [2.45, 2.75) is 5.60 Å². The van der Waals surface area contributed by atoms with Crippen LogP contribution >= 0.6 is 31.9 Å². The van der Waals surface area contributed by atoms with Crippen molar-refractivity contribution in [3.63, 3.8) is 0 Å². The van der Waals surface area contributed by atoms with Gasteiger partial charge in [0.15, 0.2) is 5.60 Å². The van der Waals surface area contributed by atoms with Gasteiger partial charge in [0.1, 0.15) is 5.75 Å². The van der Waals surface area contributed by atoms with Crippen LogP contribution in [0.1, 0.15) is 16.7 Å². The Balaban J connectivity index is 1.92. The van der Waals surface area contributed by atoms with E-state index in [9.17, 15) is 9.90 Å². The highest BCUT2D eigenvalue weighted by Crippen LogP contribution is 2.32. The van der Waals surface area contributed by atoms with Gasteiger partial charge in [-0.25, -0.2) is 5.43 Å². The minimum Gasteiger partial charge on any atom is -0.495 e. The molecular weight excluding hydrogens is 500 g/mol. The van der Waals surface area contributed by atoms with Crippen molar-refractivity contribution in [3.8, 4) is 5.75 Å². The molecule has 3 aromatic carbocycles. The van der Waals surface area contributed by atoms with Crippen molar-refractivity contribution in [1.82, 2.24) is 5.43 Å². The fourth-order valence-corrected chi connectivity index (χ4v) is 4.34. The number of carbonyl (C=O) groups excluding carboxylic acids is 1. The monoisotopic (exact) mass is 516 g/mol. The van der Waals surface area contributed by atoms with Crippen LogP contribution in [-0.2, 0) is 10.4 Å². The summed E-state index contributed by atoms with van der Waals surface area (Å²) in [5, 5.41) is 15.4. The molecule has 0 saturated heterocycles. The van der Waals surface area contributed by atoms with Crippen LogP contribution in [0.2, 0.25) is 0 Å². The Morgan fingerprint density at radius 1 is 1.03 bits per heavy atom. The molecule has 3 rings (SSSR count). The van der Waals surface area contributed by atoms with Crippen molar-refractivity contribution < 1.29 is 14.6 Å². The number of amides is 1. The molecule has 0 bridgehead atoms. The second-order valence-electron chi connectivity index (χ2n) is 6.15. The first-order chi connectivity index (χ1) is 14.0. The summed E-state index contributed by atoms with van der Waals surface area (Å²) in [6, 6.07) is 21.2. The van der Waals surface area contributed by atoms with E-state index in [0.717, 1.165) is 8.95 Å². The minimum atomic E-state index is -1.89. The van der Waals surface area contributed by atoms with Crippen LogP contribution in [-0.4, -0.2) is 24.3 Å². The Morgan fingerprint density at radius 3 is 2.10 bits per heavy atom. The fraction of sp³-hybridized carbons (Fsp3) is 0.0909. The number of ether oxygens (including phenoxy) is 1. The first-order valence-corrected chi connectivity index (χ1v) is 10.3. The normalized spacial score (nSPS) is 11.4. The fourth-order valence-electron chi connectivity index (χ4n) is 2.92. The number of hydrazone groups is 1. The van der Waals surface area contributed by atoms with E-state index in [1.54, 1.807) is 61.7 Å². The highest BCUT2D eigenvalue weighted by molar-refractivity contribution is 9.11. The highest BCUT2D eigenvalue weighted by atomic mass is 79.9. The maximum Gasteiger partial charge on any atom is 0.281 e. The Labute approximate surface area is 185 Å². The van der Waals surface area contributed by atoms with E-state index in [2.05, 4.69) is 42.4 Å². The molecule has 0 spiro atoms. The first kappa shape index (κ1) is 21.2. The zero-order valence-corrected chi connectivity index (χ0v) is 18.6. The van der Waals surface area contributed by atoms with Crippen LogP contribution in [0.15, 0.2) is 86.8 Å². The zero-order valence-electron chi connectivity index (χ0n) is 15.5. The van der Waals surface area contributed by atoms with Crippen molar-refractivity contribution in [2.75, 3.05) is 7.11 Å². The van der Waals surface area contributed by atoms with E-state index < -0.39 is 11.5 Å². The van der Waals surface area contributed by atoms with Crippen LogP contribution < -0.4 is 10.2 Å². The molecule has 3 aromatic rings. The van der Waals surface area contributed by atoms with E-state index in [1.165, 1.54) is 6.21 Å². The minimum absolute atomic E-state index is 0.446. The number of hydrogen-bond acceptors (Lipinski definition) is 4. The molecule has 148 valence electrons. The molecule has 0 atom stereocenters. The van der Waals surface area contributed by atoms with Gasteiger partial charge in [0.05, 0.1) is 17.8 Å². The van der Waals surface area contributed by atoms with Crippen LogP contribution in [0, 0.1) is 0 Å². The predicted molar refractivity (Wildman–Crippen MR) is 120 cm³/mol. The second-order valence-corrected chi connectivity index (χ2v) is 7.92. The van der Waals surface area contributed by atoms with Crippen LogP contribution in [0.4, 0.5) is 0 Å². The third-order valence-corrected chi connectivity index (χ3v) is 5.37. The number of rotatable bonds is 6. The van der Waals surface area contributed by atoms with Gasteiger partial charge in [-0.1, -0.05) is 76.6 Å². The number of nitrogens with one attached hydrogen (secondary N) is 1. The van der Waals surface area contributed by atoms with E-state index in [0.29, 0.717) is 22.4 Å².